The maximum absolute atomic E-state index is 13.2. The van der Waals surface area contributed by atoms with Crippen LogP contribution in [0.5, 0.6) is 0 Å². The van der Waals surface area contributed by atoms with Gasteiger partial charge < -0.3 is 36.0 Å². The summed E-state index contributed by atoms with van der Waals surface area (Å²) in [6, 6.07) is 4.08. The molecule has 2 aromatic heterocycles. The predicted octanol–water partition coefficient (Wildman–Crippen LogP) is 0.120. The van der Waals surface area contributed by atoms with Crippen LogP contribution in [0.15, 0.2) is 30.9 Å². The highest BCUT2D eigenvalue weighted by Gasteiger charge is 2.44. The summed E-state index contributed by atoms with van der Waals surface area (Å²) in [5.41, 5.74) is 7.10. The van der Waals surface area contributed by atoms with Gasteiger partial charge in [-0.1, -0.05) is 11.6 Å². The van der Waals surface area contributed by atoms with Crippen LogP contribution in [-0.4, -0.2) is 91.1 Å². The zero-order valence-corrected chi connectivity index (χ0v) is 19.7. The molecule has 35 heavy (non-hydrogen) atoms. The molecule has 4 rings (SSSR count). The van der Waals surface area contributed by atoms with Crippen molar-refractivity contribution in [1.29, 1.82) is 0 Å². The molecule has 0 saturated carbocycles. The van der Waals surface area contributed by atoms with Crippen LogP contribution in [0.2, 0.25) is 5.02 Å². The number of ether oxygens (including phenoxy) is 1. The SMILES string of the molecule is CN(CCCNC(O)Nc1ccc(F)c(Cl)c1)C[C@H]1O[C@@H](n2cnc3c(N)ncnc32)[C@H](O)[C@@H]1O. The number of imidazole rings is 1. The van der Waals surface area contributed by atoms with Crippen molar-refractivity contribution in [3.05, 3.63) is 41.7 Å². The van der Waals surface area contributed by atoms with Crippen LogP contribution in [0.1, 0.15) is 12.6 Å². The van der Waals surface area contributed by atoms with Crippen LogP contribution in [0.4, 0.5) is 15.9 Å². The topological polar surface area (TPSA) is 167 Å². The quantitative estimate of drug-likeness (QED) is 0.162. The van der Waals surface area contributed by atoms with E-state index in [-0.39, 0.29) is 10.8 Å². The third-order valence-corrected chi connectivity index (χ3v) is 6.06. The molecule has 0 spiro atoms. The van der Waals surface area contributed by atoms with Crippen LogP contribution in [-0.2, 0) is 4.74 Å². The van der Waals surface area contributed by atoms with E-state index in [1.165, 1.54) is 35.4 Å². The Labute approximate surface area is 205 Å². The van der Waals surface area contributed by atoms with Gasteiger partial charge in [0.05, 0.1) is 11.3 Å². The molecule has 14 heteroatoms. The Balaban J connectivity index is 1.23. The number of likely N-dealkylation sites (N-methyl/N-ethyl adjacent to an activating group) is 1. The van der Waals surface area contributed by atoms with Crippen molar-refractivity contribution in [2.75, 3.05) is 37.7 Å². The molecular weight excluding hydrogens is 483 g/mol. The molecule has 190 valence electrons. The zero-order valence-electron chi connectivity index (χ0n) is 18.9. The number of rotatable bonds is 10. The van der Waals surface area contributed by atoms with Gasteiger partial charge in [-0.2, -0.15) is 0 Å². The van der Waals surface area contributed by atoms with Gasteiger partial charge in [0, 0.05) is 18.8 Å². The third-order valence-electron chi connectivity index (χ3n) is 5.77. The summed E-state index contributed by atoms with van der Waals surface area (Å²) in [7, 11) is 1.87. The van der Waals surface area contributed by atoms with Gasteiger partial charge in [0.1, 0.15) is 36.0 Å². The van der Waals surface area contributed by atoms with Crippen molar-refractivity contribution in [2.24, 2.45) is 0 Å². The molecule has 1 aliphatic rings. The summed E-state index contributed by atoms with van der Waals surface area (Å²) in [4.78, 5) is 14.2. The molecule has 0 amide bonds. The molecular formula is C21H28ClFN8O4. The van der Waals surface area contributed by atoms with E-state index < -0.39 is 36.7 Å². The molecule has 3 aromatic rings. The number of anilines is 2. The molecule has 1 aliphatic heterocycles. The first-order chi connectivity index (χ1) is 16.7. The molecule has 1 fully saturated rings. The van der Waals surface area contributed by atoms with Crippen molar-refractivity contribution in [3.63, 3.8) is 0 Å². The standard InChI is InChI=1S/C21H28ClFN8O4/c1-30(6-2-5-25-21(34)29-11-3-4-13(23)12(22)7-11)8-14-16(32)17(33)20(35-14)31-10-28-15-18(24)26-9-27-19(15)31/h3-4,7,9-10,14,16-17,20-21,25,29,32-34H,2,5-6,8H2,1H3,(H2,24,26,27)/t14-,16-,17-,20-,21?/m1/s1. The number of hydrogen-bond donors (Lipinski definition) is 6. The van der Waals surface area contributed by atoms with Crippen molar-refractivity contribution < 1.29 is 24.4 Å². The second-order valence-corrected chi connectivity index (χ2v) is 8.78. The molecule has 5 atom stereocenters. The van der Waals surface area contributed by atoms with Gasteiger partial charge in [0.2, 0.25) is 0 Å². The minimum atomic E-state index is -1.18. The second kappa shape index (κ2) is 11.0. The van der Waals surface area contributed by atoms with Crippen LogP contribution >= 0.6 is 11.6 Å². The van der Waals surface area contributed by atoms with Gasteiger partial charge in [-0.3, -0.25) is 9.88 Å². The Hall–Kier alpha value is -2.65. The number of halogens is 2. The highest BCUT2D eigenvalue weighted by molar-refractivity contribution is 6.31. The predicted molar refractivity (Wildman–Crippen MR) is 127 cm³/mol. The fourth-order valence-corrected chi connectivity index (χ4v) is 4.13. The first-order valence-corrected chi connectivity index (χ1v) is 11.4. The Kier molecular flexibility index (Phi) is 7.96. The van der Waals surface area contributed by atoms with E-state index in [0.29, 0.717) is 42.9 Å². The minimum Gasteiger partial charge on any atom is -0.387 e. The van der Waals surface area contributed by atoms with Gasteiger partial charge in [0.15, 0.2) is 24.0 Å². The molecule has 1 saturated heterocycles. The van der Waals surface area contributed by atoms with Gasteiger partial charge >= 0.3 is 0 Å². The summed E-state index contributed by atoms with van der Waals surface area (Å²) in [6.45, 7) is 1.48. The van der Waals surface area contributed by atoms with Crippen LogP contribution in [0.3, 0.4) is 0 Å². The number of hydrogen-bond acceptors (Lipinski definition) is 11. The molecule has 12 nitrogen and oxygen atoms in total. The Morgan fingerprint density at radius 2 is 2.09 bits per heavy atom. The van der Waals surface area contributed by atoms with Crippen LogP contribution in [0, 0.1) is 5.82 Å². The van der Waals surface area contributed by atoms with Gasteiger partial charge in [-0.15, -0.1) is 0 Å². The van der Waals surface area contributed by atoms with E-state index in [2.05, 4.69) is 25.6 Å². The van der Waals surface area contributed by atoms with E-state index in [1.54, 1.807) is 0 Å². The van der Waals surface area contributed by atoms with E-state index in [0.717, 1.165) is 0 Å². The average molecular weight is 511 g/mol. The zero-order chi connectivity index (χ0) is 25.1. The molecule has 3 heterocycles. The van der Waals surface area contributed by atoms with Gasteiger partial charge in [-0.25, -0.2) is 19.3 Å². The molecule has 1 aromatic carbocycles. The van der Waals surface area contributed by atoms with Crippen molar-refractivity contribution in [1.82, 2.24) is 29.7 Å². The number of nitrogens with two attached hydrogens (primary N) is 1. The van der Waals surface area contributed by atoms with E-state index in [4.69, 9.17) is 22.1 Å². The fraction of sp³-hybridized carbons (Fsp3) is 0.476. The third kappa shape index (κ3) is 5.78. The molecule has 0 bridgehead atoms. The molecule has 0 radical (unpaired) electrons. The summed E-state index contributed by atoms with van der Waals surface area (Å²) in [5, 5.41) is 36.8. The first kappa shape index (κ1) is 25.4. The number of aliphatic hydroxyl groups excluding tert-OH is 3. The van der Waals surface area contributed by atoms with Gasteiger partial charge in [-0.05, 0) is 38.2 Å². The lowest BCUT2D eigenvalue weighted by molar-refractivity contribution is -0.0422. The summed E-state index contributed by atoms with van der Waals surface area (Å²) in [6.07, 6.45) is -1.40. The van der Waals surface area contributed by atoms with Crippen molar-refractivity contribution >= 4 is 34.3 Å². The number of aliphatic hydroxyl groups is 3. The van der Waals surface area contributed by atoms with E-state index in [9.17, 15) is 19.7 Å². The Bertz CT molecular complexity index is 1150. The molecule has 1 unspecified atom stereocenters. The number of aromatic nitrogens is 4. The number of fused-ring (bicyclic) bond motifs is 1. The summed E-state index contributed by atoms with van der Waals surface area (Å²) < 4.78 is 20.7. The van der Waals surface area contributed by atoms with Crippen molar-refractivity contribution in [2.45, 2.75) is 37.3 Å². The average Bonchev–Trinajstić information content (AvgIpc) is 3.37. The van der Waals surface area contributed by atoms with E-state index >= 15 is 0 Å². The number of nitrogen functional groups attached to an aromatic ring is 1. The smallest absolute Gasteiger partial charge is 0.181 e. The maximum Gasteiger partial charge on any atom is 0.181 e. The first-order valence-electron chi connectivity index (χ1n) is 11.0. The summed E-state index contributed by atoms with van der Waals surface area (Å²) >= 11 is 5.74. The largest absolute Gasteiger partial charge is 0.387 e. The lowest BCUT2D eigenvalue weighted by Crippen LogP contribution is -2.40. The lowest BCUT2D eigenvalue weighted by Gasteiger charge is -2.23. The fourth-order valence-electron chi connectivity index (χ4n) is 3.95. The maximum atomic E-state index is 13.2. The van der Waals surface area contributed by atoms with Gasteiger partial charge in [0.25, 0.3) is 0 Å². The highest BCUT2D eigenvalue weighted by Crippen LogP contribution is 2.32. The van der Waals surface area contributed by atoms with Crippen molar-refractivity contribution in [3.8, 4) is 0 Å². The van der Waals surface area contributed by atoms with Crippen LogP contribution < -0.4 is 16.4 Å². The number of nitrogens with zero attached hydrogens (tertiary/aromatic N) is 5. The monoisotopic (exact) mass is 510 g/mol. The molecule has 7 N–H and O–H groups in total. The minimum absolute atomic E-state index is 0.0360. The second-order valence-electron chi connectivity index (χ2n) is 8.37. The molecule has 0 aliphatic carbocycles. The van der Waals surface area contributed by atoms with E-state index in [1.807, 2.05) is 11.9 Å². The Morgan fingerprint density at radius 1 is 1.29 bits per heavy atom. The van der Waals surface area contributed by atoms with Crippen LogP contribution in [0.25, 0.3) is 11.2 Å². The summed E-state index contributed by atoms with van der Waals surface area (Å²) in [5.74, 6) is -0.316. The number of nitrogens with one attached hydrogen (secondary N) is 2. The lowest BCUT2D eigenvalue weighted by atomic mass is 10.1. The number of benzene rings is 1. The normalized spacial score (nSPS) is 23.3. The Morgan fingerprint density at radius 3 is 2.86 bits per heavy atom. The highest BCUT2D eigenvalue weighted by atomic mass is 35.5.